The van der Waals surface area contributed by atoms with Gasteiger partial charge in [-0.1, -0.05) is 18.2 Å². The monoisotopic (exact) mass is 581 g/mol. The Kier molecular flexibility index (Phi) is 6.79. The third-order valence-electron chi connectivity index (χ3n) is 7.58. The first kappa shape index (κ1) is 27.2. The molecule has 0 atom stereocenters. The van der Waals surface area contributed by atoms with Gasteiger partial charge in [0.15, 0.2) is 11.5 Å². The van der Waals surface area contributed by atoms with Gasteiger partial charge in [0, 0.05) is 42.6 Å². The van der Waals surface area contributed by atoms with E-state index < -0.39 is 24.2 Å². The van der Waals surface area contributed by atoms with Gasteiger partial charge in [-0.2, -0.15) is 23.4 Å². The Morgan fingerprint density at radius 3 is 2.57 bits per heavy atom. The van der Waals surface area contributed by atoms with Crippen LogP contribution in [0.25, 0.3) is 11.0 Å². The van der Waals surface area contributed by atoms with Crippen molar-refractivity contribution in [2.45, 2.75) is 31.1 Å². The van der Waals surface area contributed by atoms with Gasteiger partial charge in [0.25, 0.3) is 11.8 Å². The minimum atomic E-state index is -4.45. The van der Waals surface area contributed by atoms with Gasteiger partial charge in [-0.15, -0.1) is 0 Å². The van der Waals surface area contributed by atoms with E-state index >= 15 is 0 Å². The van der Waals surface area contributed by atoms with Crippen LogP contribution in [0.2, 0.25) is 0 Å². The molecule has 2 aliphatic rings. The lowest BCUT2D eigenvalue weighted by Gasteiger charge is -2.43. The zero-order valence-corrected chi connectivity index (χ0v) is 22.2. The van der Waals surface area contributed by atoms with Crippen molar-refractivity contribution >= 4 is 40.3 Å². The quantitative estimate of drug-likeness (QED) is 0.358. The summed E-state index contributed by atoms with van der Waals surface area (Å²) in [5.74, 6) is -1.07. The molecule has 12 nitrogen and oxygen atoms in total. The van der Waals surface area contributed by atoms with E-state index in [0.29, 0.717) is 41.8 Å². The lowest BCUT2D eigenvalue weighted by Crippen LogP contribution is -2.57. The predicted molar refractivity (Wildman–Crippen MR) is 144 cm³/mol. The molecule has 15 heteroatoms. The number of nitrogens with one attached hydrogen (secondary N) is 2. The molecule has 0 aliphatic carbocycles. The molecule has 0 bridgehead atoms. The van der Waals surface area contributed by atoms with Crippen LogP contribution in [0.15, 0.2) is 61.1 Å². The third kappa shape index (κ3) is 5.24. The summed E-state index contributed by atoms with van der Waals surface area (Å²) in [7, 11) is 0. The summed E-state index contributed by atoms with van der Waals surface area (Å²) in [6.45, 7) is -0.832. The van der Waals surface area contributed by atoms with Crippen LogP contribution in [-0.4, -0.2) is 90.5 Å². The number of para-hydroxylation sites is 1. The maximum atomic E-state index is 13.9. The van der Waals surface area contributed by atoms with Crippen LogP contribution >= 0.6 is 0 Å². The molecule has 0 radical (unpaired) electrons. The molecule has 6 rings (SSSR count). The van der Waals surface area contributed by atoms with Crippen LogP contribution in [0.4, 0.5) is 24.7 Å². The molecule has 42 heavy (non-hydrogen) atoms. The van der Waals surface area contributed by atoms with Crippen molar-refractivity contribution in [3.63, 3.8) is 0 Å². The number of benzene rings is 1. The van der Waals surface area contributed by atoms with Crippen LogP contribution < -0.4 is 10.2 Å². The molecule has 2 aliphatic heterocycles. The number of halogens is 3. The molecule has 4 aromatic rings. The van der Waals surface area contributed by atoms with Crippen molar-refractivity contribution in [3.05, 3.63) is 66.6 Å². The van der Waals surface area contributed by atoms with Crippen molar-refractivity contribution in [2.24, 2.45) is 0 Å². The minimum Gasteiger partial charge on any atom is -0.339 e. The summed E-state index contributed by atoms with van der Waals surface area (Å²) in [5.41, 5.74) is 0.833. The smallest absolute Gasteiger partial charge is 0.339 e. The SMILES string of the molecule is O=C(CN1CN(c2ccccc2)C2(CCN(C(=O)c3cnc4[nH]ncc4c3)CC2)C1=O)Nc1ccn(CC(F)(F)F)n1. The first-order chi connectivity index (χ1) is 20.1. The fourth-order valence-electron chi connectivity index (χ4n) is 5.59. The van der Waals surface area contributed by atoms with Crippen LogP contribution in [0.5, 0.6) is 0 Å². The number of fused-ring (bicyclic) bond motifs is 1. The number of amides is 3. The average Bonchev–Trinajstić information content (AvgIpc) is 3.68. The number of carbonyl (C=O) groups is 3. The standard InChI is InChI=1S/C27H26F3N9O3/c28-27(29,30)16-38-9-6-21(35-38)33-22(40)15-37-17-39(20-4-2-1-3-5-20)26(25(37)42)7-10-36(11-8-26)24(41)19-12-18-14-32-34-23(18)31-13-19/h1-6,9,12-14H,7-8,10-11,15-17H2,(H,31,32,34)(H,33,35,40). The summed E-state index contributed by atoms with van der Waals surface area (Å²) < 4.78 is 38.6. The molecule has 3 aromatic heterocycles. The van der Waals surface area contributed by atoms with Crippen molar-refractivity contribution in [2.75, 3.05) is 36.5 Å². The first-order valence-corrected chi connectivity index (χ1v) is 13.2. The number of hydrogen-bond acceptors (Lipinski definition) is 7. The van der Waals surface area contributed by atoms with Gasteiger partial charge < -0.3 is 20.0 Å². The van der Waals surface area contributed by atoms with Gasteiger partial charge in [-0.25, -0.2) is 4.98 Å². The number of aromatic nitrogens is 5. The van der Waals surface area contributed by atoms with Crippen LogP contribution in [0, 0.1) is 0 Å². The molecule has 0 unspecified atom stereocenters. The molecule has 2 N–H and O–H groups in total. The molecule has 218 valence electrons. The topological polar surface area (TPSA) is 132 Å². The van der Waals surface area contributed by atoms with Crippen LogP contribution in [0.3, 0.4) is 0 Å². The van der Waals surface area contributed by atoms with E-state index in [9.17, 15) is 27.6 Å². The van der Waals surface area contributed by atoms with Gasteiger partial charge >= 0.3 is 6.18 Å². The van der Waals surface area contributed by atoms with Crippen molar-refractivity contribution in [3.8, 4) is 0 Å². The molecular formula is C27H26F3N9O3. The summed E-state index contributed by atoms with van der Waals surface area (Å²) in [5, 5.41) is 13.6. The Hall–Kier alpha value is -4.95. The molecule has 2 saturated heterocycles. The highest BCUT2D eigenvalue weighted by molar-refractivity contribution is 6.00. The number of alkyl halides is 3. The maximum absolute atomic E-state index is 13.9. The number of hydrogen-bond donors (Lipinski definition) is 2. The van der Waals surface area contributed by atoms with Crippen LogP contribution in [-0.2, 0) is 16.1 Å². The second-order valence-electron chi connectivity index (χ2n) is 10.3. The number of nitrogens with zero attached hydrogens (tertiary/aromatic N) is 7. The summed E-state index contributed by atoms with van der Waals surface area (Å²) >= 11 is 0. The summed E-state index contributed by atoms with van der Waals surface area (Å²) in [4.78, 5) is 49.4. The van der Waals surface area contributed by atoms with E-state index in [2.05, 4.69) is 25.6 Å². The van der Waals surface area contributed by atoms with Gasteiger partial charge in [0.1, 0.15) is 18.6 Å². The van der Waals surface area contributed by atoms with Gasteiger partial charge in [0.05, 0.1) is 18.4 Å². The lowest BCUT2D eigenvalue weighted by molar-refractivity contribution is -0.142. The third-order valence-corrected chi connectivity index (χ3v) is 7.58. The number of piperidine rings is 1. The van der Waals surface area contributed by atoms with E-state index in [4.69, 9.17) is 0 Å². The van der Waals surface area contributed by atoms with E-state index in [1.807, 2.05) is 35.2 Å². The van der Waals surface area contributed by atoms with Gasteiger partial charge in [-0.3, -0.25) is 24.2 Å². The Morgan fingerprint density at radius 2 is 1.83 bits per heavy atom. The molecule has 1 spiro atoms. The van der Waals surface area contributed by atoms with E-state index in [1.165, 1.54) is 17.2 Å². The Bertz CT molecular complexity index is 1630. The number of rotatable bonds is 6. The Balaban J connectivity index is 1.16. The number of aromatic amines is 1. The predicted octanol–water partition coefficient (Wildman–Crippen LogP) is 2.64. The number of anilines is 2. The van der Waals surface area contributed by atoms with E-state index in [-0.39, 0.29) is 30.8 Å². The Morgan fingerprint density at radius 1 is 1.07 bits per heavy atom. The average molecular weight is 582 g/mol. The number of likely N-dealkylation sites (tertiary alicyclic amines) is 1. The maximum Gasteiger partial charge on any atom is 0.408 e. The molecular weight excluding hydrogens is 555 g/mol. The fourth-order valence-corrected chi connectivity index (χ4v) is 5.59. The molecule has 3 amide bonds. The highest BCUT2D eigenvalue weighted by atomic mass is 19.4. The van der Waals surface area contributed by atoms with Crippen molar-refractivity contribution < 1.29 is 27.6 Å². The zero-order valence-electron chi connectivity index (χ0n) is 22.2. The number of carbonyl (C=O) groups excluding carboxylic acids is 3. The van der Waals surface area contributed by atoms with Crippen molar-refractivity contribution in [1.29, 1.82) is 0 Å². The number of H-pyrrole nitrogens is 1. The fraction of sp³-hybridized carbons (Fsp3) is 0.333. The first-order valence-electron chi connectivity index (χ1n) is 13.2. The molecule has 2 fully saturated rings. The minimum absolute atomic E-state index is 0.0413. The molecule has 1 aromatic carbocycles. The molecule has 5 heterocycles. The van der Waals surface area contributed by atoms with Gasteiger partial charge in [-0.05, 0) is 31.0 Å². The number of pyridine rings is 1. The second kappa shape index (κ2) is 10.5. The van der Waals surface area contributed by atoms with E-state index in [0.717, 1.165) is 17.3 Å². The largest absolute Gasteiger partial charge is 0.408 e. The van der Waals surface area contributed by atoms with Gasteiger partial charge in [0.2, 0.25) is 5.91 Å². The lowest BCUT2D eigenvalue weighted by atomic mass is 9.85. The summed E-state index contributed by atoms with van der Waals surface area (Å²) in [6, 6.07) is 12.3. The highest BCUT2D eigenvalue weighted by Crippen LogP contribution is 2.39. The molecule has 0 saturated carbocycles. The highest BCUT2D eigenvalue weighted by Gasteiger charge is 2.54. The van der Waals surface area contributed by atoms with Crippen molar-refractivity contribution in [1.82, 2.24) is 34.8 Å². The zero-order chi connectivity index (χ0) is 29.5. The normalized spacial score (nSPS) is 16.9. The van der Waals surface area contributed by atoms with Crippen LogP contribution in [0.1, 0.15) is 23.2 Å². The van der Waals surface area contributed by atoms with E-state index in [1.54, 1.807) is 17.2 Å². The Labute approximate surface area is 237 Å². The second-order valence-corrected chi connectivity index (χ2v) is 10.3. The summed E-state index contributed by atoms with van der Waals surface area (Å²) in [6.07, 6.45) is 0.445.